The van der Waals surface area contributed by atoms with Crippen LogP contribution in [0.2, 0.25) is 0 Å². The average molecular weight is 251 g/mol. The number of aliphatic carboxylic acids is 1. The molecule has 10 heteroatoms. The minimum atomic E-state index is -5.66. The molecule has 0 fully saturated rings. The van der Waals surface area contributed by atoms with E-state index in [0.29, 0.717) is 0 Å². The number of hydrogen-bond acceptors (Lipinski definition) is 5. The van der Waals surface area contributed by atoms with Gasteiger partial charge in [0, 0.05) is 13.0 Å². The van der Waals surface area contributed by atoms with Crippen LogP contribution in [0.1, 0.15) is 12.8 Å². The van der Waals surface area contributed by atoms with Crippen molar-refractivity contribution in [2.24, 2.45) is 0 Å². The molecular formula is C5H8F3NO5S. The summed E-state index contributed by atoms with van der Waals surface area (Å²) in [6.07, 6.45) is -0.356. The molecule has 0 amide bonds. The monoisotopic (exact) mass is 251 g/mol. The normalized spacial score (nSPS) is 12.7. The van der Waals surface area contributed by atoms with E-state index in [4.69, 9.17) is 5.11 Å². The summed E-state index contributed by atoms with van der Waals surface area (Å²) >= 11 is 0. The Morgan fingerprint density at radius 3 is 2.33 bits per heavy atom. The van der Waals surface area contributed by atoms with Crippen LogP contribution in [0, 0.1) is 0 Å². The van der Waals surface area contributed by atoms with E-state index < -0.39 is 21.6 Å². The number of hydrogen-bond donors (Lipinski definition) is 2. The number of rotatable bonds is 6. The Morgan fingerprint density at radius 1 is 1.40 bits per heavy atom. The van der Waals surface area contributed by atoms with Gasteiger partial charge < -0.3 is 5.11 Å². The Morgan fingerprint density at radius 2 is 1.93 bits per heavy atom. The standard InChI is InChI=1S/C5H8F3NO5S/c6-5(7,8)15(12,13)14-9-3-1-2-4(10)11/h9H,1-3H2,(H,10,11). The molecule has 0 aliphatic carbocycles. The molecule has 0 spiro atoms. The van der Waals surface area contributed by atoms with Crippen molar-refractivity contribution in [1.82, 2.24) is 5.48 Å². The summed E-state index contributed by atoms with van der Waals surface area (Å²) in [7, 11) is -5.66. The maximum atomic E-state index is 11.6. The molecule has 0 aromatic carbocycles. The summed E-state index contributed by atoms with van der Waals surface area (Å²) in [6, 6.07) is 0. The average Bonchev–Trinajstić information content (AvgIpc) is 2.00. The number of nitrogens with one attached hydrogen (secondary N) is 1. The highest BCUT2D eigenvalue weighted by atomic mass is 32.2. The number of hydroxylamine groups is 1. The van der Waals surface area contributed by atoms with Gasteiger partial charge in [-0.1, -0.05) is 0 Å². The molecule has 0 unspecified atom stereocenters. The van der Waals surface area contributed by atoms with Gasteiger partial charge in [0.1, 0.15) is 0 Å². The van der Waals surface area contributed by atoms with Crippen molar-refractivity contribution >= 4 is 16.1 Å². The van der Waals surface area contributed by atoms with Gasteiger partial charge in [-0.25, -0.2) is 0 Å². The SMILES string of the molecule is O=C(O)CCCNOS(=O)(=O)C(F)(F)F. The molecule has 0 heterocycles. The van der Waals surface area contributed by atoms with Crippen LogP contribution in [0.15, 0.2) is 0 Å². The zero-order valence-corrected chi connectivity index (χ0v) is 8.06. The second-order valence-corrected chi connectivity index (χ2v) is 3.91. The smallest absolute Gasteiger partial charge is 0.481 e. The first kappa shape index (κ1) is 14.1. The van der Waals surface area contributed by atoms with Gasteiger partial charge in [0.15, 0.2) is 0 Å². The topological polar surface area (TPSA) is 92.7 Å². The number of carboxylic acid groups (broad SMARTS) is 1. The van der Waals surface area contributed by atoms with E-state index in [-0.39, 0.29) is 19.4 Å². The van der Waals surface area contributed by atoms with Crippen LogP contribution in [-0.2, 0) is 19.2 Å². The number of alkyl halides is 3. The molecule has 0 aliphatic heterocycles. The molecule has 0 rings (SSSR count). The van der Waals surface area contributed by atoms with Crippen molar-refractivity contribution in [3.8, 4) is 0 Å². The molecule has 0 radical (unpaired) electrons. The molecule has 0 aromatic rings. The second kappa shape index (κ2) is 5.28. The Balaban J connectivity index is 3.83. The van der Waals surface area contributed by atoms with Crippen molar-refractivity contribution in [2.45, 2.75) is 18.3 Å². The molecule has 2 N–H and O–H groups in total. The van der Waals surface area contributed by atoms with Crippen LogP contribution >= 0.6 is 0 Å². The van der Waals surface area contributed by atoms with E-state index in [1.807, 2.05) is 0 Å². The van der Waals surface area contributed by atoms with Crippen molar-refractivity contribution in [1.29, 1.82) is 0 Å². The van der Waals surface area contributed by atoms with Crippen LogP contribution in [0.4, 0.5) is 13.2 Å². The van der Waals surface area contributed by atoms with E-state index in [2.05, 4.69) is 4.28 Å². The molecule has 15 heavy (non-hydrogen) atoms. The first-order valence-corrected chi connectivity index (χ1v) is 5.02. The van der Waals surface area contributed by atoms with E-state index in [1.165, 1.54) is 5.48 Å². The van der Waals surface area contributed by atoms with Crippen LogP contribution in [0.3, 0.4) is 0 Å². The third-order valence-corrected chi connectivity index (χ3v) is 2.03. The summed E-state index contributed by atoms with van der Waals surface area (Å²) in [5, 5.41) is 8.14. The largest absolute Gasteiger partial charge is 0.524 e. The fourth-order valence-electron chi connectivity index (χ4n) is 0.478. The van der Waals surface area contributed by atoms with E-state index in [1.54, 1.807) is 0 Å². The lowest BCUT2D eigenvalue weighted by Gasteiger charge is -2.07. The first-order chi connectivity index (χ1) is 6.67. The number of halogens is 3. The van der Waals surface area contributed by atoms with Crippen molar-refractivity contribution in [3.05, 3.63) is 0 Å². The first-order valence-electron chi connectivity index (χ1n) is 3.61. The molecule has 0 aromatic heterocycles. The minimum absolute atomic E-state index is 0.0529. The number of carbonyl (C=O) groups is 1. The van der Waals surface area contributed by atoms with Crippen LogP contribution in [-0.4, -0.2) is 31.5 Å². The minimum Gasteiger partial charge on any atom is -0.481 e. The van der Waals surface area contributed by atoms with Crippen molar-refractivity contribution in [2.75, 3.05) is 6.54 Å². The third-order valence-electron chi connectivity index (χ3n) is 1.12. The third kappa shape index (κ3) is 5.54. The van der Waals surface area contributed by atoms with Crippen LogP contribution in [0.5, 0.6) is 0 Å². The van der Waals surface area contributed by atoms with Crippen LogP contribution in [0.25, 0.3) is 0 Å². The Hall–Kier alpha value is -0.870. The van der Waals surface area contributed by atoms with Gasteiger partial charge in [-0.15, -0.1) is 0 Å². The summed E-state index contributed by atoms with van der Waals surface area (Å²) < 4.78 is 58.7. The molecule has 0 aliphatic rings. The highest BCUT2D eigenvalue weighted by Crippen LogP contribution is 2.23. The Kier molecular flexibility index (Phi) is 4.97. The van der Waals surface area contributed by atoms with E-state index in [0.717, 1.165) is 0 Å². The maximum absolute atomic E-state index is 11.6. The van der Waals surface area contributed by atoms with Gasteiger partial charge in [0.25, 0.3) is 0 Å². The highest BCUT2D eigenvalue weighted by Gasteiger charge is 2.47. The Bertz CT molecular complexity index is 311. The summed E-state index contributed by atoms with van der Waals surface area (Å²) in [4.78, 5) is 9.95. The molecular weight excluding hydrogens is 243 g/mol. The molecule has 0 atom stereocenters. The van der Waals surface area contributed by atoms with Crippen LogP contribution < -0.4 is 5.48 Å². The second-order valence-electron chi connectivity index (χ2n) is 2.37. The van der Waals surface area contributed by atoms with Crippen molar-refractivity contribution in [3.63, 3.8) is 0 Å². The molecule has 0 bridgehead atoms. The van der Waals surface area contributed by atoms with Crippen molar-refractivity contribution < 1.29 is 35.8 Å². The molecule has 0 saturated heterocycles. The predicted octanol–water partition coefficient (Wildman–Crippen LogP) is 0.222. The summed E-state index contributed by atoms with van der Waals surface area (Å²) in [6.45, 7) is -0.318. The lowest BCUT2D eigenvalue weighted by molar-refractivity contribution is -0.137. The van der Waals surface area contributed by atoms with Gasteiger partial charge in [0.2, 0.25) is 0 Å². The molecule has 0 saturated carbocycles. The fraction of sp³-hybridized carbons (Fsp3) is 0.800. The van der Waals surface area contributed by atoms with E-state index in [9.17, 15) is 26.4 Å². The van der Waals surface area contributed by atoms with Gasteiger partial charge in [0.05, 0.1) is 0 Å². The van der Waals surface area contributed by atoms with Gasteiger partial charge >= 0.3 is 21.6 Å². The fourth-order valence-corrected chi connectivity index (χ4v) is 0.811. The van der Waals surface area contributed by atoms with E-state index >= 15 is 0 Å². The molecule has 6 nitrogen and oxygen atoms in total. The summed E-state index contributed by atoms with van der Waals surface area (Å²) in [5.74, 6) is -1.14. The number of carboxylic acids is 1. The molecule has 90 valence electrons. The predicted molar refractivity (Wildman–Crippen MR) is 40.9 cm³/mol. The zero-order chi connectivity index (χ0) is 12.1. The summed E-state index contributed by atoms with van der Waals surface area (Å²) in [5.41, 5.74) is -3.98. The van der Waals surface area contributed by atoms with Gasteiger partial charge in [-0.05, 0) is 6.42 Å². The quantitative estimate of drug-likeness (QED) is 0.398. The Labute approximate surface area is 83.1 Å². The highest BCUT2D eigenvalue weighted by molar-refractivity contribution is 7.87. The van der Waals surface area contributed by atoms with Gasteiger partial charge in [-0.3, -0.25) is 4.79 Å². The zero-order valence-electron chi connectivity index (χ0n) is 7.24. The lowest BCUT2D eigenvalue weighted by Crippen LogP contribution is -2.31. The maximum Gasteiger partial charge on any atom is 0.524 e. The lowest BCUT2D eigenvalue weighted by atomic mass is 10.3. The van der Waals surface area contributed by atoms with Gasteiger partial charge in [-0.2, -0.15) is 31.4 Å².